The Hall–Kier alpha value is -0.410. The monoisotopic (exact) mass is 284 g/mol. The molecule has 0 bridgehead atoms. The van der Waals surface area contributed by atoms with Crippen LogP contribution in [0.2, 0.25) is 0 Å². The van der Waals surface area contributed by atoms with Gasteiger partial charge in [0, 0.05) is 16.7 Å². The molecule has 0 aliphatic carbocycles. The highest BCUT2D eigenvalue weighted by molar-refractivity contribution is 9.10. The van der Waals surface area contributed by atoms with Crippen LogP contribution in [0.4, 0.5) is 0 Å². The van der Waals surface area contributed by atoms with Gasteiger partial charge in [-0.1, -0.05) is 39.0 Å². The second-order valence-corrected chi connectivity index (χ2v) is 5.03. The molecule has 0 saturated carbocycles. The van der Waals surface area contributed by atoms with Crippen LogP contribution in [0, 0.1) is 0 Å². The zero-order chi connectivity index (χ0) is 11.8. The third-order valence-corrected chi connectivity index (χ3v) is 3.43. The molecule has 1 heterocycles. The van der Waals surface area contributed by atoms with Gasteiger partial charge in [-0.05, 0) is 34.5 Å². The summed E-state index contributed by atoms with van der Waals surface area (Å²) in [6.07, 6.45) is 9.26. The van der Waals surface area contributed by atoms with E-state index < -0.39 is 0 Å². The number of aromatic nitrogens is 1. The lowest BCUT2D eigenvalue weighted by Crippen LogP contribution is -2.12. The average Bonchev–Trinajstić information content (AvgIpc) is 2.29. The van der Waals surface area contributed by atoms with E-state index in [-0.39, 0.29) is 6.04 Å². The highest BCUT2D eigenvalue weighted by Crippen LogP contribution is 2.23. The molecule has 0 radical (unpaired) electrons. The maximum Gasteiger partial charge on any atom is 0.0712 e. The van der Waals surface area contributed by atoms with Gasteiger partial charge in [-0.3, -0.25) is 4.98 Å². The zero-order valence-corrected chi connectivity index (χ0v) is 11.5. The lowest BCUT2D eigenvalue weighted by atomic mass is 10.0. The summed E-state index contributed by atoms with van der Waals surface area (Å²) in [5.41, 5.74) is 7.10. The van der Waals surface area contributed by atoms with Crippen LogP contribution in [0.5, 0.6) is 0 Å². The molecule has 90 valence electrons. The van der Waals surface area contributed by atoms with E-state index in [9.17, 15) is 0 Å². The molecule has 0 aliphatic heterocycles. The van der Waals surface area contributed by atoms with Crippen molar-refractivity contribution in [2.24, 2.45) is 5.73 Å². The molecule has 1 aromatic heterocycles. The normalized spacial score (nSPS) is 12.7. The van der Waals surface area contributed by atoms with Gasteiger partial charge in [0.1, 0.15) is 0 Å². The first-order chi connectivity index (χ1) is 7.75. The van der Waals surface area contributed by atoms with Crippen LogP contribution in [0.25, 0.3) is 0 Å². The quantitative estimate of drug-likeness (QED) is 0.762. The second kappa shape index (κ2) is 7.80. The SMILES string of the molecule is CCCCCCCC(N)c1ncccc1Br. The number of hydrogen-bond acceptors (Lipinski definition) is 2. The third-order valence-electron chi connectivity index (χ3n) is 2.76. The Balaban J connectivity index is 2.30. The predicted molar refractivity (Wildman–Crippen MR) is 72.2 cm³/mol. The van der Waals surface area contributed by atoms with Crippen molar-refractivity contribution in [3.63, 3.8) is 0 Å². The summed E-state index contributed by atoms with van der Waals surface area (Å²) in [7, 11) is 0. The standard InChI is InChI=1S/C13H21BrN2/c1-2-3-4-5-6-9-12(15)13-11(14)8-7-10-16-13/h7-8,10,12H,2-6,9,15H2,1H3. The van der Waals surface area contributed by atoms with Crippen molar-refractivity contribution in [1.29, 1.82) is 0 Å². The van der Waals surface area contributed by atoms with E-state index in [2.05, 4.69) is 27.8 Å². The van der Waals surface area contributed by atoms with Gasteiger partial charge in [-0.2, -0.15) is 0 Å². The van der Waals surface area contributed by atoms with Crippen LogP contribution < -0.4 is 5.73 Å². The van der Waals surface area contributed by atoms with E-state index in [1.54, 1.807) is 6.20 Å². The van der Waals surface area contributed by atoms with E-state index in [1.807, 2.05) is 12.1 Å². The number of hydrogen-bond donors (Lipinski definition) is 1. The molecule has 0 aliphatic rings. The van der Waals surface area contributed by atoms with Gasteiger partial charge >= 0.3 is 0 Å². The van der Waals surface area contributed by atoms with Gasteiger partial charge in [0.05, 0.1) is 5.69 Å². The summed E-state index contributed by atoms with van der Waals surface area (Å²) < 4.78 is 1.02. The first-order valence-corrected chi connectivity index (χ1v) is 6.91. The highest BCUT2D eigenvalue weighted by Gasteiger charge is 2.10. The van der Waals surface area contributed by atoms with Gasteiger partial charge in [-0.15, -0.1) is 0 Å². The van der Waals surface area contributed by atoms with Gasteiger partial charge in [0.15, 0.2) is 0 Å². The van der Waals surface area contributed by atoms with Crippen LogP contribution in [-0.2, 0) is 0 Å². The molecule has 0 spiro atoms. The lowest BCUT2D eigenvalue weighted by Gasteiger charge is -2.12. The number of nitrogens with two attached hydrogens (primary N) is 1. The van der Waals surface area contributed by atoms with Gasteiger partial charge in [-0.25, -0.2) is 0 Å². The number of pyridine rings is 1. The van der Waals surface area contributed by atoms with Crippen molar-refractivity contribution in [3.8, 4) is 0 Å². The smallest absolute Gasteiger partial charge is 0.0712 e. The minimum Gasteiger partial charge on any atom is -0.323 e. The van der Waals surface area contributed by atoms with Crippen molar-refractivity contribution >= 4 is 15.9 Å². The van der Waals surface area contributed by atoms with Gasteiger partial charge < -0.3 is 5.73 Å². The van der Waals surface area contributed by atoms with Crippen molar-refractivity contribution in [2.75, 3.05) is 0 Å². The molecule has 1 unspecified atom stereocenters. The Morgan fingerprint density at radius 3 is 2.75 bits per heavy atom. The highest BCUT2D eigenvalue weighted by atomic mass is 79.9. The summed E-state index contributed by atoms with van der Waals surface area (Å²) in [5.74, 6) is 0. The van der Waals surface area contributed by atoms with Crippen LogP contribution in [0.1, 0.15) is 57.2 Å². The molecule has 0 amide bonds. The summed E-state index contributed by atoms with van der Waals surface area (Å²) in [5, 5.41) is 0. The van der Waals surface area contributed by atoms with Crippen LogP contribution >= 0.6 is 15.9 Å². The fourth-order valence-corrected chi connectivity index (χ4v) is 2.32. The maximum atomic E-state index is 6.12. The molecule has 2 nitrogen and oxygen atoms in total. The van der Waals surface area contributed by atoms with E-state index in [1.165, 1.54) is 32.1 Å². The predicted octanol–water partition coefficient (Wildman–Crippen LogP) is 4.20. The fraction of sp³-hybridized carbons (Fsp3) is 0.615. The average molecular weight is 285 g/mol. The first-order valence-electron chi connectivity index (χ1n) is 6.11. The molecule has 1 aromatic rings. The Labute approximate surface area is 107 Å². The Morgan fingerprint density at radius 2 is 2.06 bits per heavy atom. The van der Waals surface area contributed by atoms with E-state index in [0.29, 0.717) is 0 Å². The zero-order valence-electron chi connectivity index (χ0n) is 9.95. The molecule has 2 N–H and O–H groups in total. The topological polar surface area (TPSA) is 38.9 Å². The van der Waals surface area contributed by atoms with Crippen LogP contribution in [-0.4, -0.2) is 4.98 Å². The second-order valence-electron chi connectivity index (χ2n) is 4.18. The van der Waals surface area contributed by atoms with Crippen molar-refractivity contribution < 1.29 is 0 Å². The summed E-state index contributed by atoms with van der Waals surface area (Å²) in [6.45, 7) is 2.23. The molecule has 3 heteroatoms. The minimum atomic E-state index is 0.0669. The first kappa shape index (κ1) is 13.7. The number of unbranched alkanes of at least 4 members (excludes halogenated alkanes) is 4. The Kier molecular flexibility index (Phi) is 6.65. The summed E-state index contributed by atoms with van der Waals surface area (Å²) >= 11 is 3.49. The Morgan fingerprint density at radius 1 is 1.31 bits per heavy atom. The van der Waals surface area contributed by atoms with Crippen molar-refractivity contribution in [3.05, 3.63) is 28.5 Å². The third kappa shape index (κ3) is 4.62. The Bertz CT molecular complexity index is 302. The number of halogens is 1. The molecular weight excluding hydrogens is 264 g/mol. The molecule has 16 heavy (non-hydrogen) atoms. The minimum absolute atomic E-state index is 0.0669. The van der Waals surface area contributed by atoms with Crippen molar-refractivity contribution in [1.82, 2.24) is 4.98 Å². The van der Waals surface area contributed by atoms with E-state index in [4.69, 9.17) is 5.73 Å². The van der Waals surface area contributed by atoms with Crippen molar-refractivity contribution in [2.45, 2.75) is 51.5 Å². The fourth-order valence-electron chi connectivity index (χ4n) is 1.78. The van der Waals surface area contributed by atoms with Gasteiger partial charge in [0.25, 0.3) is 0 Å². The molecule has 0 aromatic carbocycles. The maximum absolute atomic E-state index is 6.12. The summed E-state index contributed by atoms with van der Waals surface area (Å²) in [4.78, 5) is 4.32. The van der Waals surface area contributed by atoms with E-state index in [0.717, 1.165) is 16.6 Å². The van der Waals surface area contributed by atoms with E-state index >= 15 is 0 Å². The van der Waals surface area contributed by atoms with Crippen LogP contribution in [0.3, 0.4) is 0 Å². The van der Waals surface area contributed by atoms with Crippen LogP contribution in [0.15, 0.2) is 22.8 Å². The number of rotatable bonds is 7. The molecular formula is C13H21BrN2. The molecule has 0 fully saturated rings. The molecule has 0 saturated heterocycles. The summed E-state index contributed by atoms with van der Waals surface area (Å²) in [6, 6.07) is 3.98. The van der Waals surface area contributed by atoms with Gasteiger partial charge in [0.2, 0.25) is 0 Å². The molecule has 1 rings (SSSR count). The lowest BCUT2D eigenvalue weighted by molar-refractivity contribution is 0.546. The number of nitrogens with zero attached hydrogens (tertiary/aromatic N) is 1. The largest absolute Gasteiger partial charge is 0.323 e. The molecule has 1 atom stereocenters.